The van der Waals surface area contributed by atoms with Crippen LogP contribution in [0.5, 0.6) is 0 Å². The zero-order valence-corrected chi connectivity index (χ0v) is 8.52. The van der Waals surface area contributed by atoms with Crippen molar-refractivity contribution >= 4 is 0 Å². The van der Waals surface area contributed by atoms with Crippen LogP contribution in [0, 0.1) is 11.8 Å². The molecule has 0 aromatic rings. The molecule has 2 aliphatic carbocycles. The van der Waals surface area contributed by atoms with Gasteiger partial charge in [0, 0.05) is 11.5 Å². The molecule has 0 aliphatic heterocycles. The van der Waals surface area contributed by atoms with Crippen molar-refractivity contribution in [2.45, 2.75) is 56.9 Å². The van der Waals surface area contributed by atoms with Crippen molar-refractivity contribution in [1.82, 2.24) is 0 Å². The van der Waals surface area contributed by atoms with E-state index in [-0.39, 0.29) is 5.92 Å². The largest absolute Gasteiger partial charge is 0.325 e. The van der Waals surface area contributed by atoms with Gasteiger partial charge < -0.3 is 5.73 Å². The van der Waals surface area contributed by atoms with Crippen molar-refractivity contribution in [3.05, 3.63) is 0 Å². The first-order valence-electron chi connectivity index (χ1n) is 5.70. The molecule has 2 rings (SSSR count). The third-order valence-corrected chi connectivity index (χ3v) is 3.92. The average Bonchev–Trinajstić information content (AvgIpc) is 2.85. The number of rotatable bonds is 3. The molecule has 2 aliphatic rings. The Kier molecular flexibility index (Phi) is 2.78. The van der Waals surface area contributed by atoms with E-state index in [9.17, 15) is 8.78 Å². The maximum atomic E-state index is 12.9. The second-order valence-electron chi connectivity index (χ2n) is 4.99. The fourth-order valence-corrected chi connectivity index (χ4v) is 2.90. The van der Waals surface area contributed by atoms with E-state index in [0.29, 0.717) is 0 Å². The van der Waals surface area contributed by atoms with Crippen molar-refractivity contribution in [3.63, 3.8) is 0 Å². The zero-order chi connectivity index (χ0) is 10.2. The summed E-state index contributed by atoms with van der Waals surface area (Å²) in [5.41, 5.74) is 5.44. The van der Waals surface area contributed by atoms with Gasteiger partial charge in [0.05, 0.1) is 0 Å². The second-order valence-corrected chi connectivity index (χ2v) is 4.99. The molecule has 1 nitrogen and oxygen atoms in total. The lowest BCUT2D eigenvalue weighted by atomic mass is 9.76. The Morgan fingerprint density at radius 2 is 1.64 bits per heavy atom. The summed E-state index contributed by atoms with van der Waals surface area (Å²) < 4.78 is 25.9. The van der Waals surface area contributed by atoms with Crippen molar-refractivity contribution < 1.29 is 8.78 Å². The van der Waals surface area contributed by atoms with E-state index in [2.05, 4.69) is 0 Å². The maximum absolute atomic E-state index is 12.9. The van der Waals surface area contributed by atoms with E-state index in [1.807, 2.05) is 0 Å². The Hall–Kier alpha value is -0.180. The predicted octanol–water partition coefficient (Wildman–Crippen LogP) is 2.94. The van der Waals surface area contributed by atoms with Gasteiger partial charge in [-0.1, -0.05) is 19.3 Å². The van der Waals surface area contributed by atoms with Crippen LogP contribution in [0.1, 0.15) is 44.9 Å². The van der Waals surface area contributed by atoms with Gasteiger partial charge in [-0.3, -0.25) is 0 Å². The molecule has 0 radical (unpaired) electrons. The molecule has 3 heteroatoms. The summed E-state index contributed by atoms with van der Waals surface area (Å²) in [4.78, 5) is 0. The predicted molar refractivity (Wildman–Crippen MR) is 52.2 cm³/mol. The van der Waals surface area contributed by atoms with Gasteiger partial charge in [-0.2, -0.15) is 0 Å². The van der Waals surface area contributed by atoms with Crippen LogP contribution < -0.4 is 5.73 Å². The van der Waals surface area contributed by atoms with Gasteiger partial charge in [-0.05, 0) is 31.6 Å². The van der Waals surface area contributed by atoms with Crippen LogP contribution in [0.2, 0.25) is 0 Å². The summed E-state index contributed by atoms with van der Waals surface area (Å²) in [6.45, 7) is 0. The Morgan fingerprint density at radius 3 is 2.07 bits per heavy atom. The number of nitrogens with two attached hydrogens (primary N) is 1. The molecule has 0 spiro atoms. The Bertz CT molecular complexity index is 195. The van der Waals surface area contributed by atoms with Crippen LogP contribution in [0.4, 0.5) is 8.78 Å². The minimum Gasteiger partial charge on any atom is -0.325 e. The summed E-state index contributed by atoms with van der Waals surface area (Å²) in [7, 11) is 0. The van der Waals surface area contributed by atoms with Gasteiger partial charge in [0.25, 0.3) is 0 Å². The summed E-state index contributed by atoms with van der Waals surface area (Å²) in [6.07, 6.45) is 4.77. The third kappa shape index (κ3) is 1.92. The molecule has 1 unspecified atom stereocenters. The molecule has 0 amide bonds. The van der Waals surface area contributed by atoms with Crippen LogP contribution in [0.3, 0.4) is 0 Å². The van der Waals surface area contributed by atoms with Crippen molar-refractivity contribution in [2.24, 2.45) is 17.6 Å². The highest BCUT2D eigenvalue weighted by atomic mass is 19.3. The molecule has 2 fully saturated rings. The highest BCUT2D eigenvalue weighted by molar-refractivity contribution is 5.06. The lowest BCUT2D eigenvalue weighted by molar-refractivity contribution is 0.0107. The molecule has 0 aromatic heterocycles. The monoisotopic (exact) mass is 203 g/mol. The molecule has 0 aromatic carbocycles. The molecule has 2 saturated carbocycles. The van der Waals surface area contributed by atoms with Crippen molar-refractivity contribution in [2.75, 3.05) is 0 Å². The summed E-state index contributed by atoms with van der Waals surface area (Å²) >= 11 is 0. The quantitative estimate of drug-likeness (QED) is 0.749. The average molecular weight is 203 g/mol. The summed E-state index contributed by atoms with van der Waals surface area (Å²) in [5.74, 6) is -0.334. The zero-order valence-electron chi connectivity index (χ0n) is 8.52. The molecule has 0 bridgehead atoms. The normalized spacial score (nSPS) is 29.1. The number of hydrogen-bond donors (Lipinski definition) is 1. The topological polar surface area (TPSA) is 26.0 Å². The van der Waals surface area contributed by atoms with Gasteiger partial charge in [-0.15, -0.1) is 0 Å². The van der Waals surface area contributed by atoms with Gasteiger partial charge in [0.1, 0.15) is 0 Å². The van der Waals surface area contributed by atoms with E-state index in [1.54, 1.807) is 0 Å². The Balaban J connectivity index is 2.02. The minimum atomic E-state index is -2.22. The third-order valence-electron chi connectivity index (χ3n) is 3.92. The SMILES string of the molecule is NC1(C(C(F)F)C2CCCCC2)CC1. The van der Waals surface area contributed by atoms with Crippen LogP contribution in [-0.2, 0) is 0 Å². The lowest BCUT2D eigenvalue weighted by Gasteiger charge is -2.33. The second kappa shape index (κ2) is 3.76. The van der Waals surface area contributed by atoms with E-state index in [0.717, 1.165) is 38.5 Å². The molecule has 14 heavy (non-hydrogen) atoms. The first kappa shape index (κ1) is 10.3. The van der Waals surface area contributed by atoms with E-state index in [4.69, 9.17) is 5.73 Å². The molecule has 0 heterocycles. The van der Waals surface area contributed by atoms with Crippen molar-refractivity contribution in [3.8, 4) is 0 Å². The molecule has 1 atom stereocenters. The minimum absolute atomic E-state index is 0.191. The fourth-order valence-electron chi connectivity index (χ4n) is 2.90. The molecular formula is C11H19F2N. The fraction of sp³-hybridized carbons (Fsp3) is 1.00. The number of alkyl halides is 2. The highest BCUT2D eigenvalue weighted by Crippen LogP contribution is 2.49. The molecule has 0 saturated heterocycles. The van der Waals surface area contributed by atoms with Gasteiger partial charge >= 0.3 is 0 Å². The maximum Gasteiger partial charge on any atom is 0.243 e. The first-order valence-corrected chi connectivity index (χ1v) is 5.70. The molecule has 2 N–H and O–H groups in total. The van der Waals surface area contributed by atoms with E-state index < -0.39 is 17.9 Å². The first-order chi connectivity index (χ1) is 6.63. The highest BCUT2D eigenvalue weighted by Gasteiger charge is 2.52. The van der Waals surface area contributed by atoms with E-state index >= 15 is 0 Å². The smallest absolute Gasteiger partial charge is 0.243 e. The number of hydrogen-bond acceptors (Lipinski definition) is 1. The standard InChI is InChI=1S/C11H19F2N/c12-10(13)9(11(14)6-7-11)8-4-2-1-3-5-8/h8-10H,1-7,14H2. The van der Waals surface area contributed by atoms with Crippen LogP contribution in [0.25, 0.3) is 0 Å². The summed E-state index contributed by atoms with van der Waals surface area (Å²) in [5, 5.41) is 0. The Labute approximate surface area is 84.0 Å². The van der Waals surface area contributed by atoms with E-state index in [1.165, 1.54) is 6.42 Å². The summed E-state index contributed by atoms with van der Waals surface area (Å²) in [6, 6.07) is 0. The van der Waals surface area contributed by atoms with Crippen LogP contribution >= 0.6 is 0 Å². The molecular weight excluding hydrogens is 184 g/mol. The number of halogens is 2. The lowest BCUT2D eigenvalue weighted by Crippen LogP contribution is -2.42. The molecule has 82 valence electrons. The van der Waals surface area contributed by atoms with Crippen LogP contribution in [-0.4, -0.2) is 12.0 Å². The van der Waals surface area contributed by atoms with Crippen LogP contribution in [0.15, 0.2) is 0 Å². The van der Waals surface area contributed by atoms with Gasteiger partial charge in [0.2, 0.25) is 6.43 Å². The van der Waals surface area contributed by atoms with Gasteiger partial charge in [0.15, 0.2) is 0 Å². The Morgan fingerprint density at radius 1 is 1.07 bits per heavy atom. The van der Waals surface area contributed by atoms with Crippen molar-refractivity contribution in [1.29, 1.82) is 0 Å². The van der Waals surface area contributed by atoms with Gasteiger partial charge in [-0.25, -0.2) is 8.78 Å².